The zero-order valence-corrected chi connectivity index (χ0v) is 8.53. The molecule has 0 radical (unpaired) electrons. The first kappa shape index (κ1) is 9.40. The smallest absolute Gasteiger partial charge is 0.145 e. The number of ether oxygens (including phenoxy) is 1. The molecule has 2 heterocycles. The van der Waals surface area contributed by atoms with Crippen molar-refractivity contribution in [1.29, 1.82) is 0 Å². The lowest BCUT2D eigenvalue weighted by Gasteiger charge is -2.16. The highest BCUT2D eigenvalue weighted by atomic mass is 16.5. The second-order valence-electron chi connectivity index (χ2n) is 3.66. The molecular formula is C10H15N3O. The Hall–Kier alpha value is -1.16. The van der Waals surface area contributed by atoms with Crippen LogP contribution in [0.2, 0.25) is 0 Å². The predicted octanol–water partition coefficient (Wildman–Crippen LogP) is 1.37. The molecule has 1 N–H and O–H groups in total. The maximum atomic E-state index is 5.46. The molecule has 0 saturated carbocycles. The van der Waals surface area contributed by atoms with Crippen molar-refractivity contribution < 1.29 is 4.74 Å². The van der Waals surface area contributed by atoms with E-state index in [0.717, 1.165) is 24.5 Å². The van der Waals surface area contributed by atoms with E-state index in [4.69, 9.17) is 4.74 Å². The van der Waals surface area contributed by atoms with E-state index in [1.165, 1.54) is 0 Å². The van der Waals surface area contributed by atoms with Gasteiger partial charge in [-0.25, -0.2) is 4.98 Å². The molecule has 1 aliphatic rings. The average Bonchev–Trinajstić information content (AvgIpc) is 2.52. The molecule has 0 unspecified atom stereocenters. The highest BCUT2D eigenvalue weighted by Gasteiger charge is 2.24. The lowest BCUT2D eigenvalue weighted by atomic mass is 10.1. The molecule has 1 aromatic heterocycles. The van der Waals surface area contributed by atoms with Crippen LogP contribution in [-0.2, 0) is 4.74 Å². The molecule has 76 valence electrons. The fourth-order valence-corrected chi connectivity index (χ4v) is 1.64. The maximum absolute atomic E-state index is 5.46. The number of hydrogen-bond donors (Lipinski definition) is 1. The summed E-state index contributed by atoms with van der Waals surface area (Å²) in [7, 11) is 0. The highest BCUT2D eigenvalue weighted by Crippen LogP contribution is 2.16. The molecule has 4 nitrogen and oxygen atoms in total. The molecule has 2 atom stereocenters. The standard InChI is InChI=1S/C10H15N3O/c1-7-5-11-6-10(12-7)13-9-3-4-14-8(9)2/h5-6,8-9H,3-4H2,1-2H3,(H,12,13)/t8-,9-/m1/s1. The quantitative estimate of drug-likeness (QED) is 0.770. The van der Waals surface area contributed by atoms with Crippen molar-refractivity contribution in [3.63, 3.8) is 0 Å². The molecule has 4 heteroatoms. The van der Waals surface area contributed by atoms with Crippen molar-refractivity contribution in [1.82, 2.24) is 9.97 Å². The summed E-state index contributed by atoms with van der Waals surface area (Å²) in [4.78, 5) is 8.43. The van der Waals surface area contributed by atoms with Gasteiger partial charge in [0.15, 0.2) is 0 Å². The number of nitrogens with one attached hydrogen (secondary N) is 1. The third-order valence-electron chi connectivity index (χ3n) is 2.46. The first-order chi connectivity index (χ1) is 6.75. The summed E-state index contributed by atoms with van der Waals surface area (Å²) in [5, 5.41) is 3.33. The Morgan fingerprint density at radius 1 is 1.50 bits per heavy atom. The van der Waals surface area contributed by atoms with Crippen molar-refractivity contribution in [2.24, 2.45) is 0 Å². The molecular weight excluding hydrogens is 178 g/mol. The first-order valence-corrected chi connectivity index (χ1v) is 4.92. The van der Waals surface area contributed by atoms with Gasteiger partial charge in [-0.05, 0) is 20.3 Å². The Morgan fingerprint density at radius 3 is 3.00 bits per heavy atom. The number of aryl methyl sites for hydroxylation is 1. The molecule has 0 amide bonds. The Morgan fingerprint density at radius 2 is 2.36 bits per heavy atom. The summed E-state index contributed by atoms with van der Waals surface area (Å²) < 4.78 is 5.46. The number of hydrogen-bond acceptors (Lipinski definition) is 4. The van der Waals surface area contributed by atoms with Crippen LogP contribution in [0.5, 0.6) is 0 Å². The summed E-state index contributed by atoms with van der Waals surface area (Å²) >= 11 is 0. The highest BCUT2D eigenvalue weighted by molar-refractivity contribution is 5.33. The van der Waals surface area contributed by atoms with E-state index in [-0.39, 0.29) is 6.10 Å². The van der Waals surface area contributed by atoms with Crippen molar-refractivity contribution >= 4 is 5.82 Å². The van der Waals surface area contributed by atoms with Gasteiger partial charge in [-0.2, -0.15) is 0 Å². The van der Waals surface area contributed by atoms with E-state index >= 15 is 0 Å². The van der Waals surface area contributed by atoms with E-state index in [1.807, 2.05) is 6.92 Å². The molecule has 14 heavy (non-hydrogen) atoms. The summed E-state index contributed by atoms with van der Waals surface area (Å²) in [6.45, 7) is 4.85. The molecule has 1 fully saturated rings. The molecule has 0 aliphatic carbocycles. The van der Waals surface area contributed by atoms with Crippen LogP contribution < -0.4 is 5.32 Å². The van der Waals surface area contributed by atoms with Gasteiger partial charge in [-0.1, -0.05) is 0 Å². The van der Waals surface area contributed by atoms with E-state index in [1.54, 1.807) is 12.4 Å². The predicted molar refractivity (Wildman–Crippen MR) is 54.2 cm³/mol. The van der Waals surface area contributed by atoms with Gasteiger partial charge in [0.25, 0.3) is 0 Å². The van der Waals surface area contributed by atoms with E-state index in [0.29, 0.717) is 6.04 Å². The minimum Gasteiger partial charge on any atom is -0.376 e. The van der Waals surface area contributed by atoms with Gasteiger partial charge in [0.2, 0.25) is 0 Å². The van der Waals surface area contributed by atoms with Gasteiger partial charge < -0.3 is 10.1 Å². The summed E-state index contributed by atoms with van der Waals surface area (Å²) in [5.41, 5.74) is 0.932. The largest absolute Gasteiger partial charge is 0.376 e. The monoisotopic (exact) mass is 193 g/mol. The number of aromatic nitrogens is 2. The molecule has 1 aliphatic heterocycles. The Labute approximate surface area is 83.7 Å². The first-order valence-electron chi connectivity index (χ1n) is 4.92. The van der Waals surface area contributed by atoms with Crippen LogP contribution in [0.25, 0.3) is 0 Å². The van der Waals surface area contributed by atoms with Crippen molar-refractivity contribution in [3.05, 3.63) is 18.1 Å². The molecule has 2 rings (SSSR count). The molecule has 1 aromatic rings. The fraction of sp³-hybridized carbons (Fsp3) is 0.600. The van der Waals surface area contributed by atoms with Crippen LogP contribution in [0.15, 0.2) is 12.4 Å². The minimum absolute atomic E-state index is 0.261. The van der Waals surface area contributed by atoms with E-state index in [9.17, 15) is 0 Å². The zero-order valence-electron chi connectivity index (χ0n) is 8.53. The van der Waals surface area contributed by atoms with Gasteiger partial charge >= 0.3 is 0 Å². The van der Waals surface area contributed by atoms with E-state index < -0.39 is 0 Å². The molecule has 0 bridgehead atoms. The summed E-state index contributed by atoms with van der Waals surface area (Å²) in [6, 6.07) is 0.367. The second kappa shape index (κ2) is 3.92. The second-order valence-corrected chi connectivity index (χ2v) is 3.66. The minimum atomic E-state index is 0.261. The normalized spacial score (nSPS) is 26.4. The SMILES string of the molecule is Cc1cncc(N[C@@H]2CCO[C@@H]2C)n1. The van der Waals surface area contributed by atoms with E-state index in [2.05, 4.69) is 22.2 Å². The average molecular weight is 193 g/mol. The topological polar surface area (TPSA) is 47.0 Å². The maximum Gasteiger partial charge on any atom is 0.145 e. The van der Waals surface area contributed by atoms with Crippen molar-refractivity contribution in [2.45, 2.75) is 32.4 Å². The Bertz CT molecular complexity index is 316. The molecule has 0 aromatic carbocycles. The van der Waals surface area contributed by atoms with Crippen LogP contribution in [0.3, 0.4) is 0 Å². The van der Waals surface area contributed by atoms with Gasteiger partial charge in [-0.3, -0.25) is 4.98 Å². The third-order valence-corrected chi connectivity index (χ3v) is 2.46. The van der Waals surface area contributed by atoms with Gasteiger partial charge in [0, 0.05) is 12.8 Å². The third kappa shape index (κ3) is 2.01. The van der Waals surface area contributed by atoms with Crippen LogP contribution >= 0.6 is 0 Å². The lowest BCUT2D eigenvalue weighted by Crippen LogP contribution is -2.27. The van der Waals surface area contributed by atoms with Crippen molar-refractivity contribution in [3.8, 4) is 0 Å². The zero-order chi connectivity index (χ0) is 9.97. The van der Waals surface area contributed by atoms with Crippen LogP contribution in [0.1, 0.15) is 19.0 Å². The molecule has 1 saturated heterocycles. The van der Waals surface area contributed by atoms with Crippen LogP contribution in [-0.4, -0.2) is 28.7 Å². The van der Waals surface area contributed by atoms with Crippen molar-refractivity contribution in [2.75, 3.05) is 11.9 Å². The summed E-state index contributed by atoms with van der Waals surface area (Å²) in [5.74, 6) is 0.840. The Balaban J connectivity index is 2.03. The van der Waals surface area contributed by atoms with Gasteiger partial charge in [0.05, 0.1) is 24.0 Å². The number of nitrogens with zero attached hydrogens (tertiary/aromatic N) is 2. The summed E-state index contributed by atoms with van der Waals surface area (Å²) in [6.07, 6.45) is 4.80. The molecule has 0 spiro atoms. The number of rotatable bonds is 2. The Kier molecular flexibility index (Phi) is 2.63. The lowest BCUT2D eigenvalue weighted by molar-refractivity contribution is 0.121. The van der Waals surface area contributed by atoms with Crippen LogP contribution in [0.4, 0.5) is 5.82 Å². The van der Waals surface area contributed by atoms with Gasteiger partial charge in [-0.15, -0.1) is 0 Å². The number of anilines is 1. The van der Waals surface area contributed by atoms with Crippen LogP contribution in [0, 0.1) is 6.92 Å². The van der Waals surface area contributed by atoms with Gasteiger partial charge in [0.1, 0.15) is 5.82 Å². The fourth-order valence-electron chi connectivity index (χ4n) is 1.64.